The number of nitrogens with one attached hydrogen (secondary N) is 1. The van der Waals surface area contributed by atoms with Gasteiger partial charge in [0.1, 0.15) is 0 Å². The third-order valence-corrected chi connectivity index (χ3v) is 4.72. The second kappa shape index (κ2) is 5.35. The first kappa shape index (κ1) is 13.9. The molecule has 1 atom stereocenters. The molecule has 3 N–H and O–H groups in total. The van der Waals surface area contributed by atoms with Gasteiger partial charge in [-0.15, -0.1) is 0 Å². The molecule has 1 aliphatic heterocycles. The van der Waals surface area contributed by atoms with Crippen LogP contribution in [0.4, 0.5) is 11.4 Å². The molecule has 5 nitrogen and oxygen atoms in total. The lowest BCUT2D eigenvalue weighted by Gasteiger charge is -2.39. The minimum atomic E-state index is -1.09. The van der Waals surface area contributed by atoms with Crippen LogP contribution >= 0.6 is 15.9 Å². The number of rotatable bonds is 4. The standard InChI is InChI=1S/C14H17BrN2O3/c15-10-6-9-11(16-14(20)13(9)19)7-12(10)17(4-5-18)8-2-1-3-8/h6-8,13,18-19H,1-5H2,(H,16,20). The molecule has 1 amide bonds. The van der Waals surface area contributed by atoms with E-state index in [1.54, 1.807) is 6.07 Å². The van der Waals surface area contributed by atoms with Crippen molar-refractivity contribution in [2.24, 2.45) is 0 Å². The predicted octanol–water partition coefficient (Wildman–Crippen LogP) is 1.79. The summed E-state index contributed by atoms with van der Waals surface area (Å²) in [4.78, 5) is 13.7. The smallest absolute Gasteiger partial charge is 0.257 e. The van der Waals surface area contributed by atoms with E-state index in [1.165, 1.54) is 6.42 Å². The largest absolute Gasteiger partial charge is 0.395 e. The van der Waals surface area contributed by atoms with Gasteiger partial charge < -0.3 is 20.4 Å². The summed E-state index contributed by atoms with van der Waals surface area (Å²) in [6.45, 7) is 0.660. The average molecular weight is 341 g/mol. The van der Waals surface area contributed by atoms with Gasteiger partial charge in [0.15, 0.2) is 6.10 Å². The molecule has 0 bridgehead atoms. The van der Waals surface area contributed by atoms with Crippen molar-refractivity contribution in [1.82, 2.24) is 0 Å². The molecular weight excluding hydrogens is 324 g/mol. The fourth-order valence-corrected chi connectivity index (χ4v) is 3.37. The molecule has 3 rings (SSSR count). The number of nitrogens with zero attached hydrogens (tertiary/aromatic N) is 1. The molecule has 108 valence electrons. The van der Waals surface area contributed by atoms with Gasteiger partial charge >= 0.3 is 0 Å². The zero-order valence-corrected chi connectivity index (χ0v) is 12.6. The monoisotopic (exact) mass is 340 g/mol. The van der Waals surface area contributed by atoms with Crippen LogP contribution < -0.4 is 10.2 Å². The maximum absolute atomic E-state index is 11.5. The highest BCUT2D eigenvalue weighted by molar-refractivity contribution is 9.10. The summed E-state index contributed by atoms with van der Waals surface area (Å²) >= 11 is 3.52. The van der Waals surface area contributed by atoms with Gasteiger partial charge in [-0.05, 0) is 47.3 Å². The molecule has 1 heterocycles. The highest BCUT2D eigenvalue weighted by Gasteiger charge is 2.32. The first-order valence-electron chi connectivity index (χ1n) is 6.81. The van der Waals surface area contributed by atoms with Gasteiger partial charge in [0, 0.05) is 28.3 Å². The fourth-order valence-electron chi connectivity index (χ4n) is 2.78. The zero-order valence-electron chi connectivity index (χ0n) is 11.0. The molecule has 20 heavy (non-hydrogen) atoms. The molecule has 1 saturated carbocycles. The first-order valence-corrected chi connectivity index (χ1v) is 7.61. The van der Waals surface area contributed by atoms with E-state index in [0.29, 0.717) is 23.8 Å². The Hall–Kier alpha value is -1.11. The van der Waals surface area contributed by atoms with Crippen molar-refractivity contribution in [3.05, 3.63) is 22.2 Å². The predicted molar refractivity (Wildman–Crippen MR) is 79.8 cm³/mol. The van der Waals surface area contributed by atoms with E-state index in [0.717, 1.165) is 23.0 Å². The molecule has 2 aliphatic rings. The SMILES string of the molecule is O=C1Nc2cc(N(CCO)C3CCC3)c(Br)cc2C1O. The van der Waals surface area contributed by atoms with Crippen LogP contribution in [0, 0.1) is 0 Å². The maximum atomic E-state index is 11.5. The molecule has 0 aromatic heterocycles. The van der Waals surface area contributed by atoms with Crippen molar-refractivity contribution < 1.29 is 15.0 Å². The Labute approximate surface area is 125 Å². The van der Waals surface area contributed by atoms with Crippen molar-refractivity contribution in [3.63, 3.8) is 0 Å². The van der Waals surface area contributed by atoms with E-state index in [4.69, 9.17) is 0 Å². The highest BCUT2D eigenvalue weighted by Crippen LogP contribution is 2.41. The number of aliphatic hydroxyl groups excluding tert-OH is 2. The van der Waals surface area contributed by atoms with Crippen molar-refractivity contribution in [1.29, 1.82) is 0 Å². The van der Waals surface area contributed by atoms with Crippen LogP contribution in [-0.4, -0.2) is 35.3 Å². The van der Waals surface area contributed by atoms with Crippen LogP contribution in [0.1, 0.15) is 30.9 Å². The highest BCUT2D eigenvalue weighted by atomic mass is 79.9. The second-order valence-corrected chi connectivity index (χ2v) is 6.14. The number of carbonyl (C=O) groups is 1. The van der Waals surface area contributed by atoms with Crippen LogP contribution in [0.3, 0.4) is 0 Å². The quantitative estimate of drug-likeness (QED) is 0.781. The van der Waals surface area contributed by atoms with Gasteiger partial charge in [0.2, 0.25) is 0 Å². The molecule has 1 aromatic carbocycles. The lowest BCUT2D eigenvalue weighted by atomic mass is 9.91. The molecule has 1 aliphatic carbocycles. The minimum Gasteiger partial charge on any atom is -0.395 e. The number of anilines is 2. The van der Waals surface area contributed by atoms with Gasteiger partial charge in [-0.3, -0.25) is 4.79 Å². The van der Waals surface area contributed by atoms with Crippen molar-refractivity contribution in [2.45, 2.75) is 31.4 Å². The summed E-state index contributed by atoms with van der Waals surface area (Å²) in [7, 11) is 0. The van der Waals surface area contributed by atoms with Crippen molar-refractivity contribution in [3.8, 4) is 0 Å². The molecule has 1 unspecified atom stereocenters. The number of aliphatic hydroxyl groups is 2. The van der Waals surface area contributed by atoms with E-state index in [-0.39, 0.29) is 12.5 Å². The van der Waals surface area contributed by atoms with E-state index in [9.17, 15) is 15.0 Å². The molecule has 0 spiro atoms. The zero-order chi connectivity index (χ0) is 14.3. The van der Waals surface area contributed by atoms with Gasteiger partial charge in [0.25, 0.3) is 5.91 Å². The summed E-state index contributed by atoms with van der Waals surface area (Å²) in [5, 5.41) is 21.7. The summed E-state index contributed by atoms with van der Waals surface area (Å²) in [5.41, 5.74) is 2.21. The average Bonchev–Trinajstić information content (AvgIpc) is 2.62. The number of hydrogen-bond donors (Lipinski definition) is 3. The van der Waals surface area contributed by atoms with Crippen molar-refractivity contribution >= 4 is 33.2 Å². The van der Waals surface area contributed by atoms with Crippen LogP contribution in [-0.2, 0) is 4.79 Å². The summed E-state index contributed by atoms with van der Waals surface area (Å²) in [6, 6.07) is 4.11. The molecule has 0 saturated heterocycles. The lowest BCUT2D eigenvalue weighted by molar-refractivity contribution is -0.123. The number of hydrogen-bond acceptors (Lipinski definition) is 4. The Kier molecular flexibility index (Phi) is 3.70. The Bertz CT molecular complexity index is 545. The van der Waals surface area contributed by atoms with Gasteiger partial charge in [-0.2, -0.15) is 0 Å². The molecule has 1 aromatic rings. The van der Waals surface area contributed by atoms with Crippen LogP contribution in [0.5, 0.6) is 0 Å². The topological polar surface area (TPSA) is 72.8 Å². The second-order valence-electron chi connectivity index (χ2n) is 5.28. The van der Waals surface area contributed by atoms with Crippen LogP contribution in [0.15, 0.2) is 16.6 Å². The molecular formula is C14H17BrN2O3. The minimum absolute atomic E-state index is 0.0923. The third-order valence-electron chi connectivity index (χ3n) is 4.09. The summed E-state index contributed by atoms with van der Waals surface area (Å²) in [6.07, 6.45) is 2.37. The van der Waals surface area contributed by atoms with Gasteiger partial charge in [-0.25, -0.2) is 0 Å². The van der Waals surface area contributed by atoms with E-state index in [1.807, 2.05) is 6.07 Å². The molecule has 1 fully saturated rings. The van der Waals surface area contributed by atoms with Gasteiger partial charge in [-0.1, -0.05) is 0 Å². The summed E-state index contributed by atoms with van der Waals surface area (Å²) in [5.74, 6) is -0.388. The Morgan fingerprint density at radius 3 is 2.75 bits per heavy atom. The molecule has 0 radical (unpaired) electrons. The first-order chi connectivity index (χ1) is 9.61. The normalized spacial score (nSPS) is 21.4. The van der Waals surface area contributed by atoms with E-state index in [2.05, 4.69) is 26.1 Å². The number of carbonyl (C=O) groups excluding carboxylic acids is 1. The number of amides is 1. The van der Waals surface area contributed by atoms with E-state index < -0.39 is 6.10 Å². The van der Waals surface area contributed by atoms with Gasteiger partial charge in [0.05, 0.1) is 12.3 Å². The Morgan fingerprint density at radius 2 is 2.15 bits per heavy atom. The van der Waals surface area contributed by atoms with E-state index >= 15 is 0 Å². The fraction of sp³-hybridized carbons (Fsp3) is 0.500. The Morgan fingerprint density at radius 1 is 1.40 bits per heavy atom. The maximum Gasteiger partial charge on any atom is 0.257 e. The number of benzene rings is 1. The third kappa shape index (κ3) is 2.21. The van der Waals surface area contributed by atoms with Crippen LogP contribution in [0.25, 0.3) is 0 Å². The Balaban J connectivity index is 1.97. The summed E-state index contributed by atoms with van der Waals surface area (Å²) < 4.78 is 0.840. The molecule has 6 heteroatoms. The number of halogens is 1. The van der Waals surface area contributed by atoms with Crippen molar-refractivity contribution in [2.75, 3.05) is 23.4 Å². The number of fused-ring (bicyclic) bond motifs is 1. The van der Waals surface area contributed by atoms with Crippen LogP contribution in [0.2, 0.25) is 0 Å². The lowest BCUT2D eigenvalue weighted by Crippen LogP contribution is -2.42.